The summed E-state index contributed by atoms with van der Waals surface area (Å²) in [4.78, 5) is 27.9. The van der Waals surface area contributed by atoms with Gasteiger partial charge in [0.05, 0.1) is 41.4 Å². The van der Waals surface area contributed by atoms with E-state index >= 15 is 0 Å². The average Bonchev–Trinajstić information content (AvgIpc) is 3.37. The summed E-state index contributed by atoms with van der Waals surface area (Å²) in [7, 11) is 0. The predicted octanol–water partition coefficient (Wildman–Crippen LogP) is 8.79. The van der Waals surface area contributed by atoms with Crippen molar-refractivity contribution < 1.29 is 51.3 Å². The molecule has 4 aromatic carbocycles. The van der Waals surface area contributed by atoms with E-state index in [-0.39, 0.29) is 24.7 Å². The zero-order valence-electron chi connectivity index (χ0n) is 27.9. The lowest BCUT2D eigenvalue weighted by molar-refractivity contribution is -0.143. The van der Waals surface area contributed by atoms with Crippen LogP contribution in [0.1, 0.15) is 54.9 Å². The van der Waals surface area contributed by atoms with Gasteiger partial charge in [0.2, 0.25) is 11.8 Å². The van der Waals surface area contributed by atoms with Crippen molar-refractivity contribution in [1.29, 1.82) is 0 Å². The molecule has 4 aromatic rings. The number of carbonyl (C=O) groups excluding carboxylic acids is 2. The Morgan fingerprint density at radius 3 is 2.08 bits per heavy atom. The molecular weight excluding hydrogens is 688 g/mol. The fraction of sp³-hybridized carbons (Fsp3) is 0.300. The number of benzene rings is 4. The van der Waals surface area contributed by atoms with Crippen LogP contribution in [0.3, 0.4) is 0 Å². The van der Waals surface area contributed by atoms with Crippen molar-refractivity contribution in [1.82, 2.24) is 0 Å². The first-order valence-electron chi connectivity index (χ1n) is 16.8. The van der Waals surface area contributed by atoms with Crippen molar-refractivity contribution in [3.8, 4) is 5.75 Å². The van der Waals surface area contributed by atoms with Crippen LogP contribution in [-0.2, 0) is 21.9 Å². The summed E-state index contributed by atoms with van der Waals surface area (Å²) in [5, 5.41) is 34.3. The highest BCUT2D eigenvalue weighted by molar-refractivity contribution is 6.22. The number of imide groups is 1. The minimum Gasteiger partial charge on any atom is -0.507 e. The first-order chi connectivity index (χ1) is 24.6. The molecule has 0 bridgehead atoms. The largest absolute Gasteiger partial charge is 0.507 e. The summed E-state index contributed by atoms with van der Waals surface area (Å²) in [6, 6.07) is 20.8. The number of aromatic hydroxyl groups is 1. The van der Waals surface area contributed by atoms with Crippen molar-refractivity contribution in [2.75, 3.05) is 11.5 Å². The molecule has 1 aliphatic carbocycles. The molecule has 6 rings (SSSR count). The number of hydrogen-bond donors (Lipinski definition) is 3. The molecule has 2 amide bonds. The highest BCUT2D eigenvalue weighted by atomic mass is 19.4. The van der Waals surface area contributed by atoms with Gasteiger partial charge in [0.25, 0.3) is 0 Å². The van der Waals surface area contributed by atoms with Gasteiger partial charge in [-0.05, 0) is 77.6 Å². The van der Waals surface area contributed by atoms with Gasteiger partial charge in [-0.25, -0.2) is 4.90 Å². The van der Waals surface area contributed by atoms with Gasteiger partial charge in [0.15, 0.2) is 0 Å². The number of aliphatic hydroxyl groups is 2. The van der Waals surface area contributed by atoms with Crippen LogP contribution in [0.25, 0.3) is 22.4 Å². The number of halogens is 6. The van der Waals surface area contributed by atoms with Gasteiger partial charge >= 0.3 is 12.4 Å². The highest BCUT2D eigenvalue weighted by Crippen LogP contribution is 2.49. The Kier molecular flexibility index (Phi) is 10.1. The molecule has 3 N–H and O–H groups in total. The zero-order chi connectivity index (χ0) is 37.5. The van der Waals surface area contributed by atoms with Crippen molar-refractivity contribution >= 4 is 39.9 Å². The summed E-state index contributed by atoms with van der Waals surface area (Å²) in [6.07, 6.45) is -8.95. The van der Waals surface area contributed by atoms with Crippen LogP contribution < -0.4 is 4.90 Å². The normalized spacial score (nSPS) is 20.5. The van der Waals surface area contributed by atoms with E-state index in [1.165, 1.54) is 0 Å². The fourth-order valence-electron chi connectivity index (χ4n) is 7.64. The monoisotopic (exact) mass is 723 g/mol. The predicted molar refractivity (Wildman–Crippen MR) is 184 cm³/mol. The summed E-state index contributed by atoms with van der Waals surface area (Å²) in [5.41, 5.74) is -0.736. The molecule has 0 saturated carbocycles. The Bertz CT molecular complexity index is 2040. The van der Waals surface area contributed by atoms with Gasteiger partial charge in [0, 0.05) is 11.3 Å². The maximum Gasteiger partial charge on any atom is 0.416 e. The Morgan fingerprint density at radius 2 is 1.48 bits per heavy atom. The Morgan fingerprint density at radius 1 is 0.865 bits per heavy atom. The third kappa shape index (κ3) is 6.97. The standard InChI is InChI=1S/C40H35F6NO5/c1-2-22-17-31-36(38(52)47(37(31)51)28-19-26(39(41,42)43)18-27(20-28)40(44,45)46)32(21-48)35(22)34(50)15-12-24(23-8-4-3-5-9-23)16-25-13-14-33(49)30-11-7-6-10-29(25)30/h3-11,13-14,16,18-20,31-32,34,36,48-50H,2,12,15,17,21H2,1H3/b24-16-/t31-,32+,34-,36-/m1/s1. The molecule has 1 aliphatic heterocycles. The van der Waals surface area contributed by atoms with Gasteiger partial charge < -0.3 is 15.3 Å². The molecule has 1 heterocycles. The number of anilines is 1. The number of aliphatic hydroxyl groups excluding tert-OH is 2. The second kappa shape index (κ2) is 14.2. The van der Waals surface area contributed by atoms with Crippen LogP contribution in [0.2, 0.25) is 0 Å². The zero-order valence-corrected chi connectivity index (χ0v) is 27.9. The molecule has 1 saturated heterocycles. The average molecular weight is 724 g/mol. The van der Waals surface area contributed by atoms with E-state index in [0.717, 1.165) is 22.1 Å². The van der Waals surface area contributed by atoms with E-state index in [0.29, 0.717) is 46.4 Å². The number of amides is 2. The third-order valence-electron chi connectivity index (χ3n) is 10.1. The summed E-state index contributed by atoms with van der Waals surface area (Å²) >= 11 is 0. The first kappa shape index (κ1) is 36.8. The molecule has 0 radical (unpaired) electrons. The number of nitrogens with zero attached hydrogens (tertiary/aromatic N) is 1. The number of carbonyl (C=O) groups is 2. The van der Waals surface area contributed by atoms with Crippen LogP contribution in [0.15, 0.2) is 96.1 Å². The minimum absolute atomic E-state index is 0.0584. The molecule has 52 heavy (non-hydrogen) atoms. The van der Waals surface area contributed by atoms with Crippen LogP contribution in [0.5, 0.6) is 5.75 Å². The molecule has 0 unspecified atom stereocenters. The topological polar surface area (TPSA) is 98.1 Å². The number of phenols is 1. The summed E-state index contributed by atoms with van der Waals surface area (Å²) < 4.78 is 82.0. The van der Waals surface area contributed by atoms with Crippen LogP contribution >= 0.6 is 0 Å². The van der Waals surface area contributed by atoms with Crippen molar-refractivity contribution in [2.24, 2.45) is 17.8 Å². The van der Waals surface area contributed by atoms with Gasteiger partial charge in [0.1, 0.15) is 5.75 Å². The molecular formula is C40H35F6NO5. The maximum absolute atomic E-state index is 13.9. The van der Waals surface area contributed by atoms with Gasteiger partial charge in [-0.15, -0.1) is 0 Å². The van der Waals surface area contributed by atoms with E-state index in [2.05, 4.69) is 0 Å². The Hall–Kier alpha value is -4.94. The SMILES string of the molecule is CCC1=C([C@H](O)CC/C(=C/c2ccc(O)c3ccccc23)c2ccccc2)[C@H](CO)[C@@H]2C(=O)N(c3cc(C(F)(F)F)cc(C(F)(F)F)c3)C(=O)[C@@H]2C1. The lowest BCUT2D eigenvalue weighted by Gasteiger charge is -2.36. The van der Waals surface area contributed by atoms with Gasteiger partial charge in [-0.2, -0.15) is 26.3 Å². The molecule has 0 aromatic heterocycles. The lowest BCUT2D eigenvalue weighted by atomic mass is 9.67. The van der Waals surface area contributed by atoms with Crippen LogP contribution in [0.4, 0.5) is 32.0 Å². The van der Waals surface area contributed by atoms with E-state index in [4.69, 9.17) is 0 Å². The third-order valence-corrected chi connectivity index (χ3v) is 10.1. The molecule has 0 spiro atoms. The molecule has 272 valence electrons. The van der Waals surface area contributed by atoms with E-state index < -0.39 is 71.4 Å². The smallest absolute Gasteiger partial charge is 0.416 e. The molecule has 6 nitrogen and oxygen atoms in total. The summed E-state index contributed by atoms with van der Waals surface area (Å²) in [6.45, 7) is 1.07. The van der Waals surface area contributed by atoms with Crippen LogP contribution in [-0.4, -0.2) is 39.8 Å². The molecule has 4 atom stereocenters. The quantitative estimate of drug-likeness (QED) is 0.0695. The molecule has 1 fully saturated rings. The number of alkyl halides is 6. The Labute approximate surface area is 295 Å². The Balaban J connectivity index is 1.33. The lowest BCUT2D eigenvalue weighted by Crippen LogP contribution is -2.39. The highest BCUT2D eigenvalue weighted by Gasteiger charge is 2.55. The number of hydrogen-bond acceptors (Lipinski definition) is 5. The van der Waals surface area contributed by atoms with Gasteiger partial charge in [-0.1, -0.05) is 79.2 Å². The second-order valence-corrected chi connectivity index (χ2v) is 13.1. The van der Waals surface area contributed by atoms with E-state index in [1.54, 1.807) is 25.1 Å². The fourth-order valence-corrected chi connectivity index (χ4v) is 7.64. The molecule has 12 heteroatoms. The van der Waals surface area contributed by atoms with Crippen LogP contribution in [0, 0.1) is 17.8 Å². The van der Waals surface area contributed by atoms with Crippen molar-refractivity contribution in [3.63, 3.8) is 0 Å². The second-order valence-electron chi connectivity index (χ2n) is 13.1. The number of phenolic OH excluding ortho intramolecular Hbond substituents is 1. The first-order valence-corrected chi connectivity index (χ1v) is 16.8. The number of fused-ring (bicyclic) bond motifs is 2. The number of allylic oxidation sites excluding steroid dienone is 2. The van der Waals surface area contributed by atoms with E-state index in [1.807, 2.05) is 54.6 Å². The molecule has 2 aliphatic rings. The minimum atomic E-state index is -5.20. The summed E-state index contributed by atoms with van der Waals surface area (Å²) in [5.74, 6) is -5.44. The van der Waals surface area contributed by atoms with Gasteiger partial charge in [-0.3, -0.25) is 9.59 Å². The van der Waals surface area contributed by atoms with E-state index in [9.17, 15) is 51.3 Å². The maximum atomic E-state index is 13.9. The number of rotatable bonds is 9. The van der Waals surface area contributed by atoms with Crippen molar-refractivity contribution in [2.45, 2.75) is 51.1 Å². The van der Waals surface area contributed by atoms with Crippen molar-refractivity contribution in [3.05, 3.63) is 118 Å².